The molecule has 8 heteroatoms. The molecule has 1 rings (SSSR count). The average Bonchev–Trinajstić information content (AvgIpc) is 2.34. The minimum atomic E-state index is -1.19. The molecule has 8 nitrogen and oxygen atoms in total. The third-order valence-electron chi connectivity index (χ3n) is 1.93. The monoisotopic (exact) mass is 252 g/mol. The van der Waals surface area contributed by atoms with Crippen LogP contribution in [0.2, 0.25) is 0 Å². The van der Waals surface area contributed by atoms with Crippen LogP contribution in [0.5, 0.6) is 0 Å². The highest BCUT2D eigenvalue weighted by Crippen LogP contribution is 2.18. The number of hydrogen-bond acceptors (Lipinski definition) is 4. The molecule has 1 aromatic rings. The smallest absolute Gasteiger partial charge is 0.325 e. The first kappa shape index (κ1) is 13.4. The van der Waals surface area contributed by atoms with E-state index < -0.39 is 18.5 Å². The number of anilines is 1. The van der Waals surface area contributed by atoms with Gasteiger partial charge in [0.25, 0.3) is 0 Å². The molecule has 0 heterocycles. The molecule has 2 N–H and O–H groups in total. The van der Waals surface area contributed by atoms with Crippen LogP contribution >= 0.6 is 0 Å². The summed E-state index contributed by atoms with van der Waals surface area (Å²) in [6.07, 6.45) is 0. The Kier molecular flexibility index (Phi) is 4.61. The van der Waals surface area contributed by atoms with Crippen molar-refractivity contribution in [2.45, 2.75) is 0 Å². The predicted octanol–water partition coefficient (Wildman–Crippen LogP) is 0.579. The van der Waals surface area contributed by atoms with Crippen LogP contribution in [0.25, 0.3) is 0 Å². The van der Waals surface area contributed by atoms with Gasteiger partial charge in [-0.15, -0.1) is 4.91 Å². The van der Waals surface area contributed by atoms with Gasteiger partial charge in [-0.25, -0.2) is 5.01 Å². The summed E-state index contributed by atoms with van der Waals surface area (Å²) >= 11 is 0. The first-order valence-electron chi connectivity index (χ1n) is 4.85. The first-order valence-corrected chi connectivity index (χ1v) is 4.85. The summed E-state index contributed by atoms with van der Waals surface area (Å²) < 4.78 is 0. The second-order valence-corrected chi connectivity index (χ2v) is 3.26. The lowest BCUT2D eigenvalue weighted by Crippen LogP contribution is -2.23. The van der Waals surface area contributed by atoms with E-state index in [0.717, 1.165) is 5.01 Å². The van der Waals surface area contributed by atoms with Gasteiger partial charge in [-0.3, -0.25) is 14.9 Å². The molecular formula is C10H10N3O5. The molecule has 0 atom stereocenters. The first-order chi connectivity index (χ1) is 8.52. The molecule has 1 radical (unpaired) electrons. The Labute approximate surface area is 102 Å². The van der Waals surface area contributed by atoms with Gasteiger partial charge in [0, 0.05) is 0 Å². The van der Waals surface area contributed by atoms with Crippen LogP contribution in [0.3, 0.4) is 0 Å². The summed E-state index contributed by atoms with van der Waals surface area (Å²) in [4.78, 5) is 31.2. The quantitative estimate of drug-likeness (QED) is 0.540. The number of nitrogens with zero attached hydrogens (tertiary/aromatic N) is 3. The number of carboxylic acid groups (broad SMARTS) is 2. The van der Waals surface area contributed by atoms with Crippen LogP contribution < -0.4 is 10.3 Å². The van der Waals surface area contributed by atoms with Gasteiger partial charge >= 0.3 is 11.9 Å². The zero-order valence-electron chi connectivity index (χ0n) is 9.18. The van der Waals surface area contributed by atoms with Crippen LogP contribution in [0, 0.1) is 4.91 Å². The van der Waals surface area contributed by atoms with Crippen LogP contribution in [-0.2, 0) is 9.59 Å². The number of aliphatic carboxylic acids is 2. The fourth-order valence-corrected chi connectivity index (χ4v) is 1.18. The standard InChI is InChI=1S/C10H10N3O5/c14-9(15)5-11-7-1-3-8(4-2-7)13(12-18)6-10(16)17/h1-4H,5-6H2,(H,14,15)(H,16,17). The van der Waals surface area contributed by atoms with Gasteiger partial charge in [-0.1, -0.05) is 0 Å². The topological polar surface area (TPSA) is 121 Å². The fourth-order valence-electron chi connectivity index (χ4n) is 1.18. The molecule has 0 amide bonds. The lowest BCUT2D eigenvalue weighted by molar-refractivity contribution is -0.136. The molecule has 0 spiro atoms. The Morgan fingerprint density at radius 3 is 2.17 bits per heavy atom. The minimum absolute atomic E-state index is 0.293. The summed E-state index contributed by atoms with van der Waals surface area (Å²) in [5.74, 6) is -2.24. The average molecular weight is 252 g/mol. The molecule has 0 aliphatic carbocycles. The molecular weight excluding hydrogens is 242 g/mol. The lowest BCUT2D eigenvalue weighted by Gasteiger charge is -2.12. The molecule has 0 fully saturated rings. The van der Waals surface area contributed by atoms with Gasteiger partial charge < -0.3 is 10.2 Å². The van der Waals surface area contributed by atoms with Crippen molar-refractivity contribution in [1.29, 1.82) is 0 Å². The van der Waals surface area contributed by atoms with Crippen LogP contribution in [-0.4, -0.2) is 35.2 Å². The Hall–Kier alpha value is -2.64. The number of hydrogen-bond donors (Lipinski definition) is 2. The van der Waals surface area contributed by atoms with E-state index in [0.29, 0.717) is 11.4 Å². The number of carboxylic acids is 2. The van der Waals surface area contributed by atoms with Crippen molar-refractivity contribution in [2.24, 2.45) is 5.29 Å². The lowest BCUT2D eigenvalue weighted by atomic mass is 10.2. The highest BCUT2D eigenvalue weighted by atomic mass is 16.4. The molecule has 0 aliphatic heterocycles. The maximum absolute atomic E-state index is 10.5. The molecule has 0 aliphatic rings. The van der Waals surface area contributed by atoms with Crippen molar-refractivity contribution in [3.63, 3.8) is 0 Å². The summed E-state index contributed by atoms with van der Waals surface area (Å²) in [5, 5.41) is 24.1. The van der Waals surface area contributed by atoms with Crippen molar-refractivity contribution >= 4 is 23.3 Å². The third-order valence-corrected chi connectivity index (χ3v) is 1.93. The highest BCUT2D eigenvalue weighted by molar-refractivity contribution is 5.73. The van der Waals surface area contributed by atoms with E-state index in [9.17, 15) is 14.5 Å². The maximum Gasteiger partial charge on any atom is 0.325 e. The molecule has 1 aromatic carbocycles. The SMILES string of the molecule is O=NN(CC(=O)O)c1ccc([N]CC(=O)O)cc1. The van der Waals surface area contributed by atoms with E-state index >= 15 is 0 Å². The van der Waals surface area contributed by atoms with Gasteiger partial charge in [0.05, 0.1) is 16.7 Å². The van der Waals surface area contributed by atoms with Crippen molar-refractivity contribution in [1.82, 2.24) is 5.32 Å². The van der Waals surface area contributed by atoms with Gasteiger partial charge in [-0.2, -0.15) is 0 Å². The van der Waals surface area contributed by atoms with Crippen molar-refractivity contribution in [3.8, 4) is 0 Å². The van der Waals surface area contributed by atoms with Crippen molar-refractivity contribution in [3.05, 3.63) is 29.2 Å². The minimum Gasteiger partial charge on any atom is -0.480 e. The van der Waals surface area contributed by atoms with E-state index in [1.807, 2.05) is 0 Å². The van der Waals surface area contributed by atoms with E-state index in [1.54, 1.807) is 0 Å². The Morgan fingerprint density at radius 2 is 1.72 bits per heavy atom. The second kappa shape index (κ2) is 6.18. The van der Waals surface area contributed by atoms with E-state index in [2.05, 4.69) is 10.6 Å². The Morgan fingerprint density at radius 1 is 1.11 bits per heavy atom. The molecule has 0 unspecified atom stereocenters. The van der Waals surface area contributed by atoms with E-state index in [-0.39, 0.29) is 6.54 Å². The number of rotatable bonds is 7. The van der Waals surface area contributed by atoms with Gasteiger partial charge in [0.1, 0.15) is 13.1 Å². The van der Waals surface area contributed by atoms with Crippen molar-refractivity contribution in [2.75, 3.05) is 18.1 Å². The number of nitroso groups, excluding NO2 is 1. The summed E-state index contributed by atoms with van der Waals surface area (Å²) in [7, 11) is 0. The number of benzene rings is 1. The molecule has 0 bridgehead atoms. The largest absolute Gasteiger partial charge is 0.480 e. The summed E-state index contributed by atoms with van der Waals surface area (Å²) in [6.45, 7) is -0.904. The Balaban J connectivity index is 2.71. The van der Waals surface area contributed by atoms with Crippen LogP contribution in [0.1, 0.15) is 0 Å². The predicted molar refractivity (Wildman–Crippen MR) is 61.5 cm³/mol. The normalized spacial score (nSPS) is 9.56. The molecule has 95 valence electrons. The number of carbonyl (C=O) groups is 2. The molecule has 18 heavy (non-hydrogen) atoms. The highest BCUT2D eigenvalue weighted by Gasteiger charge is 2.11. The summed E-state index contributed by atoms with van der Waals surface area (Å²) in [5.41, 5.74) is 0.712. The van der Waals surface area contributed by atoms with Gasteiger partial charge in [0.15, 0.2) is 0 Å². The van der Waals surface area contributed by atoms with E-state index in [1.165, 1.54) is 24.3 Å². The van der Waals surface area contributed by atoms with Crippen LogP contribution in [0.4, 0.5) is 11.4 Å². The third kappa shape index (κ3) is 4.08. The molecule has 0 saturated carbocycles. The van der Waals surface area contributed by atoms with E-state index in [4.69, 9.17) is 10.2 Å². The Bertz CT molecular complexity index is 445. The maximum atomic E-state index is 10.5. The zero-order chi connectivity index (χ0) is 13.5. The zero-order valence-corrected chi connectivity index (χ0v) is 9.18. The fraction of sp³-hybridized carbons (Fsp3) is 0.200. The van der Waals surface area contributed by atoms with Gasteiger partial charge in [-0.05, 0) is 24.3 Å². The second-order valence-electron chi connectivity index (χ2n) is 3.26. The molecule has 0 aromatic heterocycles. The van der Waals surface area contributed by atoms with Gasteiger partial charge in [0.2, 0.25) is 0 Å². The molecule has 0 saturated heterocycles. The summed E-state index contributed by atoms with van der Waals surface area (Å²) in [6, 6.07) is 5.81. The van der Waals surface area contributed by atoms with Crippen LogP contribution in [0.15, 0.2) is 29.6 Å². The van der Waals surface area contributed by atoms with Crippen molar-refractivity contribution < 1.29 is 19.8 Å².